The summed E-state index contributed by atoms with van der Waals surface area (Å²) >= 11 is 5.88. The van der Waals surface area contributed by atoms with Crippen molar-refractivity contribution in [2.75, 3.05) is 24.9 Å². The summed E-state index contributed by atoms with van der Waals surface area (Å²) in [6, 6.07) is 6.43. The third-order valence-corrected chi connectivity index (χ3v) is 6.13. The molecular formula is C19H22ClF3N2O3S. The summed E-state index contributed by atoms with van der Waals surface area (Å²) < 4.78 is 64.2. The number of aryl methyl sites for hydroxylation is 1. The number of phenols is 1. The SMILES string of the molecule is CN1CCCC1.Cc1ccc(S(=O)(=O)Nc2ccc(C(F)(F)F)c(O)c2)c(Cl)c1. The number of hydrogen-bond donors (Lipinski definition) is 2. The maximum atomic E-state index is 12.6. The third-order valence-electron chi connectivity index (χ3n) is 4.26. The van der Waals surface area contributed by atoms with Crippen molar-refractivity contribution >= 4 is 27.3 Å². The molecule has 3 rings (SSSR count). The van der Waals surface area contributed by atoms with Gasteiger partial charge in [0.1, 0.15) is 10.6 Å². The third kappa shape index (κ3) is 6.52. The molecule has 1 aliphatic rings. The second-order valence-electron chi connectivity index (χ2n) is 6.78. The average molecular weight is 451 g/mol. The normalized spacial score (nSPS) is 15.0. The monoisotopic (exact) mass is 450 g/mol. The summed E-state index contributed by atoms with van der Waals surface area (Å²) in [5, 5.41) is 9.38. The van der Waals surface area contributed by atoms with Crippen LogP contribution in [0.25, 0.3) is 0 Å². The van der Waals surface area contributed by atoms with E-state index in [0.717, 1.165) is 11.6 Å². The van der Waals surface area contributed by atoms with Crippen LogP contribution < -0.4 is 4.72 Å². The average Bonchev–Trinajstić information content (AvgIpc) is 3.04. The minimum atomic E-state index is -4.73. The molecule has 1 saturated heterocycles. The molecule has 5 nitrogen and oxygen atoms in total. The number of sulfonamides is 1. The number of nitrogens with zero attached hydrogens (tertiary/aromatic N) is 1. The van der Waals surface area contributed by atoms with Gasteiger partial charge in [0.25, 0.3) is 10.0 Å². The van der Waals surface area contributed by atoms with E-state index in [-0.39, 0.29) is 15.6 Å². The Morgan fingerprint density at radius 2 is 1.72 bits per heavy atom. The van der Waals surface area contributed by atoms with Crippen LogP contribution in [0.15, 0.2) is 41.3 Å². The Balaban J connectivity index is 0.000000426. The van der Waals surface area contributed by atoms with Crippen molar-refractivity contribution in [1.29, 1.82) is 0 Å². The lowest BCUT2D eigenvalue weighted by atomic mass is 10.2. The zero-order valence-corrected chi connectivity index (χ0v) is 17.5. The van der Waals surface area contributed by atoms with E-state index in [2.05, 4.69) is 16.7 Å². The Kier molecular flexibility index (Phi) is 7.42. The van der Waals surface area contributed by atoms with E-state index in [9.17, 15) is 26.7 Å². The number of benzene rings is 2. The van der Waals surface area contributed by atoms with Crippen molar-refractivity contribution in [3.63, 3.8) is 0 Å². The van der Waals surface area contributed by atoms with Crippen LogP contribution in [0.1, 0.15) is 24.0 Å². The largest absolute Gasteiger partial charge is 0.507 e. The standard InChI is InChI=1S/C14H11ClF3NO3S.C5H11N/c1-8-2-5-13(11(15)6-8)23(21,22)19-9-3-4-10(12(20)7-9)14(16,17)18;1-6-4-2-3-5-6/h2-7,19-20H,1H3;2-5H2,1H3. The number of anilines is 1. The molecular weight excluding hydrogens is 429 g/mol. The fourth-order valence-corrected chi connectivity index (χ4v) is 4.39. The fraction of sp³-hybridized carbons (Fsp3) is 0.368. The minimum absolute atomic E-state index is 0.0198. The number of alkyl halides is 3. The van der Waals surface area contributed by atoms with E-state index in [1.807, 2.05) is 0 Å². The molecule has 1 heterocycles. The van der Waals surface area contributed by atoms with Crippen LogP contribution in [-0.2, 0) is 16.2 Å². The van der Waals surface area contributed by atoms with Crippen LogP contribution in [-0.4, -0.2) is 38.6 Å². The van der Waals surface area contributed by atoms with E-state index >= 15 is 0 Å². The maximum absolute atomic E-state index is 12.6. The predicted molar refractivity (Wildman–Crippen MR) is 107 cm³/mol. The number of aromatic hydroxyl groups is 1. The number of halogens is 4. The van der Waals surface area contributed by atoms with E-state index < -0.39 is 27.5 Å². The van der Waals surface area contributed by atoms with Gasteiger partial charge in [-0.2, -0.15) is 13.2 Å². The first-order valence-electron chi connectivity index (χ1n) is 8.78. The number of hydrogen-bond acceptors (Lipinski definition) is 4. The summed E-state index contributed by atoms with van der Waals surface area (Å²) in [6.45, 7) is 4.36. The number of likely N-dealkylation sites (tertiary alicyclic amines) is 1. The first-order valence-corrected chi connectivity index (χ1v) is 10.6. The molecule has 0 atom stereocenters. The molecule has 0 bridgehead atoms. The quantitative estimate of drug-likeness (QED) is 0.698. The summed E-state index contributed by atoms with van der Waals surface area (Å²) in [5.74, 6) is -1.08. The van der Waals surface area contributed by atoms with E-state index in [1.54, 1.807) is 6.92 Å². The Hall–Kier alpha value is -1.97. The van der Waals surface area contributed by atoms with Crippen molar-refractivity contribution in [2.24, 2.45) is 0 Å². The van der Waals surface area contributed by atoms with Gasteiger partial charge in [-0.05, 0) is 69.7 Å². The molecule has 0 amide bonds. The second-order valence-corrected chi connectivity index (χ2v) is 8.84. The molecule has 2 aromatic carbocycles. The maximum Gasteiger partial charge on any atom is 0.419 e. The lowest BCUT2D eigenvalue weighted by Gasteiger charge is -2.13. The van der Waals surface area contributed by atoms with Gasteiger partial charge in [0.2, 0.25) is 0 Å². The fourth-order valence-electron chi connectivity index (χ4n) is 2.74. The van der Waals surface area contributed by atoms with Gasteiger partial charge in [-0.3, -0.25) is 4.72 Å². The molecule has 0 aliphatic carbocycles. The molecule has 0 saturated carbocycles. The first-order chi connectivity index (χ1) is 13.4. The van der Waals surface area contributed by atoms with Gasteiger partial charge in [-0.25, -0.2) is 8.42 Å². The highest BCUT2D eigenvalue weighted by Gasteiger charge is 2.34. The number of rotatable bonds is 3. The summed E-state index contributed by atoms with van der Waals surface area (Å²) in [4.78, 5) is 2.14. The Bertz CT molecular complexity index is 960. The molecule has 29 heavy (non-hydrogen) atoms. The molecule has 2 N–H and O–H groups in total. The van der Waals surface area contributed by atoms with Crippen LogP contribution in [0.5, 0.6) is 5.75 Å². The predicted octanol–water partition coefficient (Wildman–Crippen LogP) is 4.89. The first kappa shape index (κ1) is 23.3. The lowest BCUT2D eigenvalue weighted by Crippen LogP contribution is -2.14. The smallest absolute Gasteiger partial charge is 0.419 e. The molecule has 0 radical (unpaired) electrons. The van der Waals surface area contributed by atoms with Crippen molar-refractivity contribution in [1.82, 2.24) is 4.90 Å². The van der Waals surface area contributed by atoms with Crippen LogP contribution in [0.3, 0.4) is 0 Å². The van der Waals surface area contributed by atoms with Crippen LogP contribution in [0.2, 0.25) is 5.02 Å². The Labute approximate surface area is 173 Å². The van der Waals surface area contributed by atoms with E-state index in [1.165, 1.54) is 44.1 Å². The molecule has 0 spiro atoms. The number of nitrogens with one attached hydrogen (secondary N) is 1. The van der Waals surface area contributed by atoms with Gasteiger partial charge >= 0.3 is 6.18 Å². The van der Waals surface area contributed by atoms with Gasteiger partial charge < -0.3 is 10.0 Å². The molecule has 10 heteroatoms. The number of phenolic OH excluding ortho intramolecular Hbond substituents is 1. The second kappa shape index (κ2) is 9.23. The topological polar surface area (TPSA) is 69.6 Å². The minimum Gasteiger partial charge on any atom is -0.507 e. The molecule has 160 valence electrons. The summed E-state index contributed by atoms with van der Waals surface area (Å²) in [6.07, 6.45) is -1.91. The van der Waals surface area contributed by atoms with Gasteiger partial charge in [-0.15, -0.1) is 0 Å². The molecule has 1 aliphatic heterocycles. The Morgan fingerprint density at radius 3 is 2.17 bits per heavy atom. The molecule has 0 unspecified atom stereocenters. The van der Waals surface area contributed by atoms with Gasteiger partial charge in [0, 0.05) is 6.07 Å². The van der Waals surface area contributed by atoms with Gasteiger partial charge in [0.05, 0.1) is 16.3 Å². The highest BCUT2D eigenvalue weighted by molar-refractivity contribution is 7.92. The summed E-state index contributed by atoms with van der Waals surface area (Å²) in [7, 11) is -1.93. The van der Waals surface area contributed by atoms with E-state index in [4.69, 9.17) is 11.6 Å². The zero-order chi connectivity index (χ0) is 21.8. The van der Waals surface area contributed by atoms with Gasteiger partial charge in [0.15, 0.2) is 0 Å². The van der Waals surface area contributed by atoms with Crippen molar-refractivity contribution in [2.45, 2.75) is 30.8 Å². The van der Waals surface area contributed by atoms with Crippen molar-refractivity contribution in [3.8, 4) is 5.75 Å². The molecule has 0 aromatic heterocycles. The van der Waals surface area contributed by atoms with Crippen molar-refractivity contribution in [3.05, 3.63) is 52.5 Å². The molecule has 1 fully saturated rings. The zero-order valence-electron chi connectivity index (χ0n) is 15.9. The van der Waals surface area contributed by atoms with Crippen LogP contribution in [0, 0.1) is 6.92 Å². The highest BCUT2D eigenvalue weighted by Crippen LogP contribution is 2.37. The molecule has 2 aromatic rings. The lowest BCUT2D eigenvalue weighted by molar-refractivity contribution is -0.138. The van der Waals surface area contributed by atoms with Crippen molar-refractivity contribution < 1.29 is 26.7 Å². The van der Waals surface area contributed by atoms with Gasteiger partial charge in [-0.1, -0.05) is 17.7 Å². The van der Waals surface area contributed by atoms with Crippen LogP contribution >= 0.6 is 11.6 Å². The van der Waals surface area contributed by atoms with E-state index in [0.29, 0.717) is 12.1 Å². The van der Waals surface area contributed by atoms with Crippen LogP contribution in [0.4, 0.5) is 18.9 Å². The summed E-state index contributed by atoms with van der Waals surface area (Å²) in [5.41, 5.74) is -0.720. The highest BCUT2D eigenvalue weighted by atomic mass is 35.5. The Morgan fingerprint density at radius 1 is 1.10 bits per heavy atom.